The van der Waals surface area contributed by atoms with E-state index in [9.17, 15) is 26.3 Å². The standard InChI is InChI=1S/C54H50F6N2O2S/c1-3-5-37-7-19-43(20-8-37)61(44-21-9-38(6-4-2)10-22-44)47-27-15-41(16-28-47)51-49-50(64-36-35-63-49)52(65-51)42-17-29-48(30-18-42)62(45-23-11-39(12-24-45)31-33-53(55,56)57)46-25-13-40(14-26-46)32-34-54(58,59)60/h7-30H,3-6,31-36H2,1-2H3. The van der Waals surface area contributed by atoms with Crippen LogP contribution in [-0.2, 0) is 25.7 Å². The highest BCUT2D eigenvalue weighted by Crippen LogP contribution is 2.54. The number of hydrogen-bond donors (Lipinski definition) is 0. The second-order valence-corrected chi connectivity index (χ2v) is 17.3. The lowest BCUT2D eigenvalue weighted by molar-refractivity contribution is -0.134. The molecule has 1 aliphatic heterocycles. The van der Waals surface area contributed by atoms with Gasteiger partial charge in [0, 0.05) is 47.0 Å². The number of nitrogens with zero attached hydrogens (tertiary/aromatic N) is 2. The Hall–Kier alpha value is -6.20. The molecule has 65 heavy (non-hydrogen) atoms. The largest absolute Gasteiger partial charge is 0.485 e. The number of hydrogen-bond acceptors (Lipinski definition) is 5. The number of anilines is 6. The Labute approximate surface area is 380 Å². The molecular formula is C54H50F6N2O2S. The molecule has 0 spiro atoms. The van der Waals surface area contributed by atoms with Gasteiger partial charge < -0.3 is 19.3 Å². The molecule has 8 rings (SSSR count). The topological polar surface area (TPSA) is 24.9 Å². The number of ether oxygens (including phenoxy) is 2. The SMILES string of the molecule is CCCc1ccc(N(c2ccc(CCC)cc2)c2ccc(-c3sc(-c4ccc(N(c5ccc(CCC(F)(F)F)cc5)c5ccc(CCC(F)(F)F)cc5)cc4)c4c3OCCO4)cc2)cc1. The summed E-state index contributed by atoms with van der Waals surface area (Å²) in [5.41, 5.74) is 10.9. The molecule has 0 bridgehead atoms. The van der Waals surface area contributed by atoms with E-state index in [0.717, 1.165) is 69.3 Å². The Balaban J connectivity index is 1.10. The number of alkyl halides is 6. The first-order valence-corrected chi connectivity index (χ1v) is 22.9. The molecule has 0 fully saturated rings. The summed E-state index contributed by atoms with van der Waals surface area (Å²) in [5.74, 6) is 1.37. The van der Waals surface area contributed by atoms with E-state index in [-0.39, 0.29) is 12.8 Å². The quantitative estimate of drug-likeness (QED) is 0.0902. The van der Waals surface area contributed by atoms with Crippen molar-refractivity contribution in [2.24, 2.45) is 0 Å². The Morgan fingerprint density at radius 3 is 0.923 bits per heavy atom. The molecule has 0 N–H and O–H groups in total. The molecule has 0 unspecified atom stereocenters. The van der Waals surface area contributed by atoms with Gasteiger partial charge in [0.25, 0.3) is 0 Å². The molecule has 1 aliphatic rings. The molecule has 4 nitrogen and oxygen atoms in total. The van der Waals surface area contributed by atoms with Crippen LogP contribution in [0.4, 0.5) is 60.5 Å². The number of aryl methyl sites for hydroxylation is 4. The third-order valence-corrected chi connectivity index (χ3v) is 12.7. The summed E-state index contributed by atoms with van der Waals surface area (Å²) in [7, 11) is 0. The Kier molecular flexibility index (Phi) is 13.9. The highest BCUT2D eigenvalue weighted by Gasteiger charge is 2.29. The number of benzene rings is 6. The maximum absolute atomic E-state index is 13.0. The second-order valence-electron chi connectivity index (χ2n) is 16.3. The molecule has 2 heterocycles. The van der Waals surface area contributed by atoms with Crippen molar-refractivity contribution in [2.45, 2.75) is 77.6 Å². The van der Waals surface area contributed by atoms with E-state index in [4.69, 9.17) is 9.47 Å². The van der Waals surface area contributed by atoms with E-state index in [0.29, 0.717) is 47.2 Å². The third-order valence-electron chi connectivity index (χ3n) is 11.4. The Bertz CT molecular complexity index is 2510. The molecular weight excluding hydrogens is 855 g/mol. The zero-order chi connectivity index (χ0) is 45.6. The van der Waals surface area contributed by atoms with Crippen LogP contribution in [0.5, 0.6) is 11.5 Å². The summed E-state index contributed by atoms with van der Waals surface area (Å²) in [4.78, 5) is 6.06. The first-order valence-electron chi connectivity index (χ1n) is 22.1. The fraction of sp³-hybridized carbons (Fsp3) is 0.259. The van der Waals surface area contributed by atoms with Gasteiger partial charge in [-0.3, -0.25) is 0 Å². The predicted octanol–water partition coefficient (Wildman–Crippen LogP) is 16.7. The fourth-order valence-corrected chi connectivity index (χ4v) is 9.35. The van der Waals surface area contributed by atoms with Crippen LogP contribution in [0.2, 0.25) is 0 Å². The van der Waals surface area contributed by atoms with Crippen LogP contribution in [-0.4, -0.2) is 25.6 Å². The lowest BCUT2D eigenvalue weighted by Crippen LogP contribution is -2.15. The molecule has 0 amide bonds. The van der Waals surface area contributed by atoms with Gasteiger partial charge in [0.1, 0.15) is 13.2 Å². The normalized spacial score (nSPS) is 12.6. The van der Waals surface area contributed by atoms with Gasteiger partial charge in [0.15, 0.2) is 11.5 Å². The van der Waals surface area contributed by atoms with Crippen LogP contribution in [0.1, 0.15) is 61.8 Å². The number of fused-ring (bicyclic) bond motifs is 1. The minimum Gasteiger partial charge on any atom is -0.485 e. The van der Waals surface area contributed by atoms with Crippen LogP contribution < -0.4 is 19.3 Å². The molecule has 0 aliphatic carbocycles. The van der Waals surface area contributed by atoms with Gasteiger partial charge in [-0.2, -0.15) is 26.3 Å². The van der Waals surface area contributed by atoms with Crippen molar-refractivity contribution in [2.75, 3.05) is 23.0 Å². The highest BCUT2D eigenvalue weighted by atomic mass is 32.1. The number of halogens is 6. The van der Waals surface area contributed by atoms with Crippen molar-refractivity contribution in [1.82, 2.24) is 0 Å². The summed E-state index contributed by atoms with van der Waals surface area (Å²) in [6, 6.07) is 47.7. The van der Waals surface area contributed by atoms with Crippen LogP contribution >= 0.6 is 11.3 Å². The first kappa shape index (κ1) is 45.4. The van der Waals surface area contributed by atoms with Crippen LogP contribution in [0.3, 0.4) is 0 Å². The van der Waals surface area contributed by atoms with Crippen molar-refractivity contribution < 1.29 is 35.8 Å². The minimum atomic E-state index is -4.27. The van der Waals surface area contributed by atoms with E-state index in [1.165, 1.54) is 11.1 Å². The number of thiophene rings is 1. The van der Waals surface area contributed by atoms with Crippen molar-refractivity contribution >= 4 is 45.5 Å². The average molecular weight is 905 g/mol. The third kappa shape index (κ3) is 11.2. The van der Waals surface area contributed by atoms with Crippen LogP contribution in [0.25, 0.3) is 20.9 Å². The fourth-order valence-electron chi connectivity index (χ4n) is 8.15. The van der Waals surface area contributed by atoms with Crippen molar-refractivity contribution in [3.05, 3.63) is 168 Å². The van der Waals surface area contributed by atoms with Crippen molar-refractivity contribution in [3.8, 4) is 32.4 Å². The van der Waals surface area contributed by atoms with Crippen LogP contribution in [0.15, 0.2) is 146 Å². The van der Waals surface area contributed by atoms with E-state index in [1.807, 2.05) is 29.2 Å². The maximum atomic E-state index is 13.0. The molecule has 1 aromatic heterocycles. The zero-order valence-electron chi connectivity index (χ0n) is 36.3. The van der Waals surface area contributed by atoms with E-state index in [2.05, 4.69) is 91.5 Å². The molecule has 11 heteroatoms. The van der Waals surface area contributed by atoms with Gasteiger partial charge in [-0.1, -0.05) is 99.5 Å². The average Bonchev–Trinajstić information content (AvgIpc) is 3.70. The summed E-state index contributed by atoms with van der Waals surface area (Å²) in [5, 5.41) is 0. The van der Waals surface area contributed by atoms with E-state index < -0.39 is 25.2 Å². The molecule has 0 atom stereocenters. The molecule has 7 aromatic rings. The van der Waals surface area contributed by atoms with Crippen molar-refractivity contribution in [3.63, 3.8) is 0 Å². The Morgan fingerprint density at radius 2 is 0.662 bits per heavy atom. The lowest BCUT2D eigenvalue weighted by atomic mass is 10.1. The maximum Gasteiger partial charge on any atom is 0.389 e. The van der Waals surface area contributed by atoms with Gasteiger partial charge in [-0.15, -0.1) is 11.3 Å². The smallest absolute Gasteiger partial charge is 0.389 e. The van der Waals surface area contributed by atoms with Gasteiger partial charge in [0.05, 0.1) is 9.75 Å². The zero-order valence-corrected chi connectivity index (χ0v) is 37.1. The van der Waals surface area contributed by atoms with Crippen molar-refractivity contribution in [1.29, 1.82) is 0 Å². The highest BCUT2D eigenvalue weighted by molar-refractivity contribution is 7.19. The molecule has 0 saturated heterocycles. The second kappa shape index (κ2) is 19.9. The van der Waals surface area contributed by atoms with Gasteiger partial charge in [-0.25, -0.2) is 0 Å². The Morgan fingerprint density at radius 1 is 0.400 bits per heavy atom. The van der Waals surface area contributed by atoms with Gasteiger partial charge >= 0.3 is 12.4 Å². The van der Waals surface area contributed by atoms with E-state index in [1.54, 1.807) is 59.9 Å². The monoisotopic (exact) mass is 904 g/mol. The molecule has 0 saturated carbocycles. The first-order chi connectivity index (χ1) is 31.4. The van der Waals surface area contributed by atoms with E-state index >= 15 is 0 Å². The number of rotatable bonds is 16. The molecule has 0 radical (unpaired) electrons. The lowest BCUT2D eigenvalue weighted by Gasteiger charge is -2.26. The molecule has 6 aromatic carbocycles. The van der Waals surface area contributed by atoms with Gasteiger partial charge in [-0.05, 0) is 132 Å². The van der Waals surface area contributed by atoms with Gasteiger partial charge in [0.2, 0.25) is 0 Å². The predicted molar refractivity (Wildman–Crippen MR) is 252 cm³/mol. The van der Waals surface area contributed by atoms with Crippen LogP contribution in [0, 0.1) is 0 Å². The summed E-state index contributed by atoms with van der Waals surface area (Å²) < 4.78 is 90.6. The summed E-state index contributed by atoms with van der Waals surface area (Å²) in [6.45, 7) is 5.20. The molecule has 336 valence electrons. The summed E-state index contributed by atoms with van der Waals surface area (Å²) >= 11 is 1.59. The minimum absolute atomic E-state index is 0.144. The summed E-state index contributed by atoms with van der Waals surface area (Å²) in [6.07, 6.45) is -6.44.